The summed E-state index contributed by atoms with van der Waals surface area (Å²) in [5.74, 6) is 1.68. The Morgan fingerprint density at radius 2 is 2.00 bits per heavy atom. The van der Waals surface area contributed by atoms with Crippen LogP contribution in [0.3, 0.4) is 0 Å². The van der Waals surface area contributed by atoms with Crippen molar-refractivity contribution < 1.29 is 14.6 Å². The number of rotatable bonds is 4. The van der Waals surface area contributed by atoms with E-state index in [0.29, 0.717) is 18.9 Å². The molecule has 29 heavy (non-hydrogen) atoms. The van der Waals surface area contributed by atoms with Crippen LogP contribution in [0, 0.1) is 13.8 Å². The summed E-state index contributed by atoms with van der Waals surface area (Å²) in [6.45, 7) is 7.05. The predicted octanol–water partition coefficient (Wildman–Crippen LogP) is 4.47. The van der Waals surface area contributed by atoms with E-state index in [-0.39, 0.29) is 5.75 Å². The molecule has 150 valence electrons. The fourth-order valence-corrected chi connectivity index (χ4v) is 3.87. The minimum Gasteiger partial charge on any atom is -0.504 e. The second-order valence-electron chi connectivity index (χ2n) is 7.53. The number of methoxy groups -OCH3 is 1. The Labute approximate surface area is 171 Å². The van der Waals surface area contributed by atoms with Gasteiger partial charge in [-0.3, -0.25) is 9.88 Å². The molecule has 1 N–H and O–H groups in total. The third-order valence-electron chi connectivity index (χ3n) is 5.44. The van der Waals surface area contributed by atoms with Crippen LogP contribution in [-0.2, 0) is 13.1 Å². The molecule has 0 saturated carbocycles. The van der Waals surface area contributed by atoms with Crippen LogP contribution in [0.2, 0.25) is 0 Å². The van der Waals surface area contributed by atoms with Gasteiger partial charge < -0.3 is 14.6 Å². The van der Waals surface area contributed by atoms with Gasteiger partial charge in [0.15, 0.2) is 11.5 Å². The lowest BCUT2D eigenvalue weighted by atomic mass is 10.0. The van der Waals surface area contributed by atoms with E-state index >= 15 is 0 Å². The number of fused-ring (bicyclic) bond motifs is 1. The number of hydrogen-bond acceptors (Lipinski definition) is 5. The Morgan fingerprint density at radius 3 is 2.76 bits per heavy atom. The molecule has 0 aliphatic carbocycles. The van der Waals surface area contributed by atoms with Crippen molar-refractivity contribution in [3.05, 3.63) is 71.0 Å². The average Bonchev–Trinajstić information content (AvgIpc) is 2.93. The highest BCUT2D eigenvalue weighted by Crippen LogP contribution is 2.37. The zero-order valence-corrected chi connectivity index (χ0v) is 17.1. The minimum absolute atomic E-state index is 0.180. The summed E-state index contributed by atoms with van der Waals surface area (Å²) in [7, 11) is 1.71. The van der Waals surface area contributed by atoms with Crippen molar-refractivity contribution in [1.29, 1.82) is 0 Å². The largest absolute Gasteiger partial charge is 0.504 e. The highest BCUT2D eigenvalue weighted by molar-refractivity contribution is 5.68. The van der Waals surface area contributed by atoms with E-state index in [1.54, 1.807) is 25.6 Å². The number of aromatic hydroxyl groups is 1. The molecule has 0 atom stereocenters. The van der Waals surface area contributed by atoms with Crippen molar-refractivity contribution in [2.45, 2.75) is 26.9 Å². The topological polar surface area (TPSA) is 54.8 Å². The van der Waals surface area contributed by atoms with Gasteiger partial charge in [-0.1, -0.05) is 12.1 Å². The van der Waals surface area contributed by atoms with Crippen molar-refractivity contribution in [2.24, 2.45) is 0 Å². The first kappa shape index (κ1) is 19.3. The van der Waals surface area contributed by atoms with E-state index in [1.165, 1.54) is 11.1 Å². The van der Waals surface area contributed by atoms with Gasteiger partial charge >= 0.3 is 0 Å². The first-order valence-electron chi connectivity index (χ1n) is 9.80. The van der Waals surface area contributed by atoms with Crippen LogP contribution >= 0.6 is 0 Å². The van der Waals surface area contributed by atoms with Gasteiger partial charge in [0, 0.05) is 43.2 Å². The van der Waals surface area contributed by atoms with Crippen molar-refractivity contribution in [3.8, 4) is 28.4 Å². The smallest absolute Gasteiger partial charge is 0.165 e. The molecular formula is C24H26N2O3. The summed E-state index contributed by atoms with van der Waals surface area (Å²) in [6, 6.07) is 12.0. The zero-order valence-electron chi connectivity index (χ0n) is 17.1. The summed E-state index contributed by atoms with van der Waals surface area (Å²) in [5, 5.41) is 10.6. The van der Waals surface area contributed by atoms with E-state index in [4.69, 9.17) is 9.47 Å². The Hall–Kier alpha value is -3.05. The predicted molar refractivity (Wildman–Crippen MR) is 113 cm³/mol. The van der Waals surface area contributed by atoms with Crippen LogP contribution < -0.4 is 9.47 Å². The van der Waals surface area contributed by atoms with Gasteiger partial charge in [-0.2, -0.15) is 0 Å². The summed E-state index contributed by atoms with van der Waals surface area (Å²) < 4.78 is 11.3. The zero-order chi connectivity index (χ0) is 20.4. The van der Waals surface area contributed by atoms with Crippen LogP contribution in [0.15, 0.2) is 48.8 Å². The van der Waals surface area contributed by atoms with Crippen LogP contribution in [-0.4, -0.2) is 35.3 Å². The molecule has 0 fully saturated rings. The maximum absolute atomic E-state index is 10.6. The minimum atomic E-state index is 0.180. The molecule has 1 aliphatic heterocycles. The number of phenols is 1. The van der Waals surface area contributed by atoms with Gasteiger partial charge in [-0.25, -0.2) is 0 Å². The van der Waals surface area contributed by atoms with Gasteiger partial charge in [-0.15, -0.1) is 0 Å². The number of pyridine rings is 1. The number of nitrogens with zero attached hydrogens (tertiary/aromatic N) is 2. The molecule has 5 heteroatoms. The lowest BCUT2D eigenvalue weighted by molar-refractivity contribution is 0.217. The number of phenolic OH excluding ortho intramolecular Hbond substituents is 1. The molecule has 0 radical (unpaired) electrons. The van der Waals surface area contributed by atoms with Gasteiger partial charge in [0.1, 0.15) is 12.4 Å². The maximum Gasteiger partial charge on any atom is 0.165 e. The SMILES string of the molecule is COc1cc(C)c(CN2CCOc3c(O)cc(-c4cccnc4)cc3C2)cc1C. The standard InChI is InChI=1S/C24H26N2O3/c1-16-10-23(28-3)17(2)9-20(16)14-26-7-8-29-24-21(15-26)11-19(12-22(24)27)18-5-4-6-25-13-18/h4-6,9-13,27H,7-8,14-15H2,1-3H3. The molecule has 0 spiro atoms. The van der Waals surface area contributed by atoms with Crippen LogP contribution in [0.1, 0.15) is 22.3 Å². The molecule has 0 unspecified atom stereocenters. The first-order valence-corrected chi connectivity index (χ1v) is 9.80. The molecule has 4 rings (SSSR count). The fourth-order valence-electron chi connectivity index (χ4n) is 3.87. The molecule has 1 aromatic heterocycles. The third kappa shape index (κ3) is 4.05. The highest BCUT2D eigenvalue weighted by Gasteiger charge is 2.20. The van der Waals surface area contributed by atoms with E-state index in [2.05, 4.69) is 41.9 Å². The van der Waals surface area contributed by atoms with Crippen molar-refractivity contribution in [2.75, 3.05) is 20.3 Å². The molecular weight excluding hydrogens is 364 g/mol. The molecule has 0 amide bonds. The van der Waals surface area contributed by atoms with Crippen molar-refractivity contribution in [1.82, 2.24) is 9.88 Å². The molecule has 0 bridgehead atoms. The summed E-state index contributed by atoms with van der Waals surface area (Å²) in [5.41, 5.74) is 6.53. The number of ether oxygens (including phenoxy) is 2. The number of hydrogen-bond donors (Lipinski definition) is 1. The Morgan fingerprint density at radius 1 is 1.14 bits per heavy atom. The molecule has 5 nitrogen and oxygen atoms in total. The molecule has 1 aliphatic rings. The quantitative estimate of drug-likeness (QED) is 0.712. The lowest BCUT2D eigenvalue weighted by Crippen LogP contribution is -2.25. The van der Waals surface area contributed by atoms with E-state index < -0.39 is 0 Å². The van der Waals surface area contributed by atoms with Gasteiger partial charge in [0.25, 0.3) is 0 Å². The van der Waals surface area contributed by atoms with Gasteiger partial charge in [0.2, 0.25) is 0 Å². The van der Waals surface area contributed by atoms with Crippen LogP contribution in [0.25, 0.3) is 11.1 Å². The van der Waals surface area contributed by atoms with Gasteiger partial charge in [0.05, 0.1) is 7.11 Å². The Kier molecular flexibility index (Phi) is 5.41. The summed E-state index contributed by atoms with van der Waals surface area (Å²) in [4.78, 5) is 6.54. The third-order valence-corrected chi connectivity index (χ3v) is 5.44. The van der Waals surface area contributed by atoms with Crippen molar-refractivity contribution in [3.63, 3.8) is 0 Å². The summed E-state index contributed by atoms with van der Waals surface area (Å²) in [6.07, 6.45) is 3.55. The summed E-state index contributed by atoms with van der Waals surface area (Å²) >= 11 is 0. The fraction of sp³-hybridized carbons (Fsp3) is 0.292. The van der Waals surface area contributed by atoms with Crippen LogP contribution in [0.4, 0.5) is 0 Å². The van der Waals surface area contributed by atoms with E-state index in [9.17, 15) is 5.11 Å². The maximum atomic E-state index is 10.6. The number of aromatic nitrogens is 1. The van der Waals surface area contributed by atoms with E-state index in [0.717, 1.165) is 41.1 Å². The first-order chi connectivity index (χ1) is 14.0. The molecule has 3 aromatic rings. The Bertz CT molecular complexity index is 1020. The number of benzene rings is 2. The van der Waals surface area contributed by atoms with Gasteiger partial charge in [-0.05, 0) is 60.4 Å². The molecule has 0 saturated heterocycles. The number of aryl methyl sites for hydroxylation is 2. The lowest BCUT2D eigenvalue weighted by Gasteiger charge is -2.21. The molecule has 2 aromatic carbocycles. The normalized spacial score (nSPS) is 14.0. The average molecular weight is 390 g/mol. The second kappa shape index (κ2) is 8.13. The molecule has 2 heterocycles. The highest BCUT2D eigenvalue weighted by atomic mass is 16.5. The second-order valence-corrected chi connectivity index (χ2v) is 7.53. The van der Waals surface area contributed by atoms with Crippen molar-refractivity contribution >= 4 is 0 Å². The Balaban J connectivity index is 1.63. The van der Waals surface area contributed by atoms with Crippen LogP contribution in [0.5, 0.6) is 17.2 Å². The van der Waals surface area contributed by atoms with E-state index in [1.807, 2.05) is 12.1 Å². The monoisotopic (exact) mass is 390 g/mol.